The molecule has 22 heavy (non-hydrogen) atoms. The lowest BCUT2D eigenvalue weighted by atomic mass is 10.3. The number of nitrogens with one attached hydrogen (secondary N) is 1. The lowest BCUT2D eigenvalue weighted by Gasteiger charge is -2.11. The highest BCUT2D eigenvalue weighted by Gasteiger charge is 2.18. The molecular formula is C14H12BrClFNO3S. The van der Waals surface area contributed by atoms with Crippen molar-refractivity contribution in [2.45, 2.75) is 11.8 Å². The zero-order valence-electron chi connectivity index (χ0n) is 11.4. The van der Waals surface area contributed by atoms with Gasteiger partial charge in [0.25, 0.3) is 10.0 Å². The van der Waals surface area contributed by atoms with E-state index in [1.165, 1.54) is 36.4 Å². The third-order valence-corrected chi connectivity index (χ3v) is 4.84. The second-order valence-electron chi connectivity index (χ2n) is 4.25. The summed E-state index contributed by atoms with van der Waals surface area (Å²) in [6.07, 6.45) is 0. The molecule has 0 radical (unpaired) electrons. The molecule has 0 aromatic heterocycles. The van der Waals surface area contributed by atoms with Crippen molar-refractivity contribution in [3.8, 4) is 5.75 Å². The zero-order chi connectivity index (χ0) is 16.3. The Morgan fingerprint density at radius 3 is 2.59 bits per heavy atom. The highest BCUT2D eigenvalue weighted by Crippen LogP contribution is 2.29. The summed E-state index contributed by atoms with van der Waals surface area (Å²) >= 11 is 9.08. The van der Waals surface area contributed by atoms with Gasteiger partial charge in [0.15, 0.2) is 0 Å². The van der Waals surface area contributed by atoms with Gasteiger partial charge in [-0.1, -0.05) is 27.5 Å². The second-order valence-corrected chi connectivity index (χ2v) is 7.26. The molecule has 2 rings (SSSR count). The highest BCUT2D eigenvalue weighted by molar-refractivity contribution is 9.10. The maximum absolute atomic E-state index is 13.7. The molecule has 0 heterocycles. The van der Waals surface area contributed by atoms with Gasteiger partial charge in [0.2, 0.25) is 0 Å². The standard InChI is InChI=1S/C14H12BrClFNO3S/c1-2-21-14-6-4-10(8-11(14)16)22(19,20)18-13-5-3-9(15)7-12(13)17/h3-8,18H,2H2,1H3. The van der Waals surface area contributed by atoms with Crippen LogP contribution in [0.4, 0.5) is 10.1 Å². The van der Waals surface area contributed by atoms with Crippen molar-refractivity contribution in [3.63, 3.8) is 0 Å². The lowest BCUT2D eigenvalue weighted by molar-refractivity contribution is 0.340. The molecule has 0 amide bonds. The molecular weight excluding hydrogens is 397 g/mol. The van der Waals surface area contributed by atoms with Crippen LogP contribution in [-0.4, -0.2) is 15.0 Å². The average Bonchev–Trinajstić information content (AvgIpc) is 2.44. The summed E-state index contributed by atoms with van der Waals surface area (Å²) in [7, 11) is -3.95. The Bertz CT molecular complexity index is 799. The molecule has 8 heteroatoms. The van der Waals surface area contributed by atoms with Crippen LogP contribution in [0.15, 0.2) is 45.8 Å². The van der Waals surface area contributed by atoms with Crippen LogP contribution in [0.2, 0.25) is 5.02 Å². The summed E-state index contributed by atoms with van der Waals surface area (Å²) in [5.74, 6) is -0.298. The third-order valence-electron chi connectivity index (χ3n) is 2.69. The molecule has 0 saturated carbocycles. The first-order valence-corrected chi connectivity index (χ1v) is 8.89. The van der Waals surface area contributed by atoms with Crippen LogP contribution in [-0.2, 0) is 10.0 Å². The maximum Gasteiger partial charge on any atom is 0.262 e. The molecule has 4 nitrogen and oxygen atoms in total. The van der Waals surface area contributed by atoms with Crippen LogP contribution in [0.5, 0.6) is 5.75 Å². The van der Waals surface area contributed by atoms with Gasteiger partial charge in [-0.3, -0.25) is 4.72 Å². The molecule has 0 spiro atoms. The fraction of sp³-hybridized carbons (Fsp3) is 0.143. The monoisotopic (exact) mass is 407 g/mol. The minimum absolute atomic E-state index is 0.0803. The van der Waals surface area contributed by atoms with Gasteiger partial charge < -0.3 is 4.74 Å². The van der Waals surface area contributed by atoms with Gasteiger partial charge in [-0.05, 0) is 43.3 Å². The van der Waals surface area contributed by atoms with Crippen molar-refractivity contribution in [1.29, 1.82) is 0 Å². The van der Waals surface area contributed by atoms with Gasteiger partial charge in [-0.15, -0.1) is 0 Å². The average molecular weight is 409 g/mol. The number of rotatable bonds is 5. The number of hydrogen-bond acceptors (Lipinski definition) is 3. The van der Waals surface area contributed by atoms with Gasteiger partial charge in [-0.2, -0.15) is 0 Å². The lowest BCUT2D eigenvalue weighted by Crippen LogP contribution is -2.14. The van der Waals surface area contributed by atoms with Gasteiger partial charge in [-0.25, -0.2) is 12.8 Å². The quantitative estimate of drug-likeness (QED) is 0.795. The Hall–Kier alpha value is -1.31. The fourth-order valence-corrected chi connectivity index (χ4v) is 3.42. The van der Waals surface area contributed by atoms with Crippen molar-refractivity contribution < 1.29 is 17.5 Å². The summed E-state index contributed by atoms with van der Waals surface area (Å²) in [5, 5.41) is 0.168. The van der Waals surface area contributed by atoms with E-state index in [1.54, 1.807) is 6.92 Å². The van der Waals surface area contributed by atoms with Crippen molar-refractivity contribution in [2.24, 2.45) is 0 Å². The van der Waals surface area contributed by atoms with Crippen LogP contribution >= 0.6 is 27.5 Å². The first kappa shape index (κ1) is 17.1. The topological polar surface area (TPSA) is 55.4 Å². The first-order chi connectivity index (χ1) is 10.3. The van der Waals surface area contributed by atoms with Crippen LogP contribution in [0.1, 0.15) is 6.92 Å². The summed E-state index contributed by atoms with van der Waals surface area (Å²) in [5.41, 5.74) is -0.145. The predicted molar refractivity (Wildman–Crippen MR) is 87.5 cm³/mol. The van der Waals surface area contributed by atoms with Crippen LogP contribution in [0.25, 0.3) is 0 Å². The Morgan fingerprint density at radius 2 is 2.00 bits per heavy atom. The number of sulfonamides is 1. The minimum Gasteiger partial charge on any atom is -0.492 e. The number of hydrogen-bond donors (Lipinski definition) is 1. The smallest absolute Gasteiger partial charge is 0.262 e. The van der Waals surface area contributed by atoms with Crippen LogP contribution in [0.3, 0.4) is 0 Å². The van der Waals surface area contributed by atoms with Gasteiger partial charge in [0, 0.05) is 4.47 Å². The van der Waals surface area contributed by atoms with E-state index in [-0.39, 0.29) is 15.6 Å². The predicted octanol–water partition coefficient (Wildman–Crippen LogP) is 4.44. The summed E-state index contributed by atoms with van der Waals surface area (Å²) < 4.78 is 46.2. The third kappa shape index (κ3) is 3.91. The highest BCUT2D eigenvalue weighted by atomic mass is 79.9. The number of ether oxygens (including phenoxy) is 1. The van der Waals surface area contributed by atoms with E-state index in [1.807, 2.05) is 0 Å². The van der Waals surface area contributed by atoms with Crippen molar-refractivity contribution in [2.75, 3.05) is 11.3 Å². The SMILES string of the molecule is CCOc1ccc(S(=O)(=O)Nc2ccc(Br)cc2F)cc1Cl. The molecule has 0 aliphatic carbocycles. The summed E-state index contributed by atoms with van der Waals surface area (Å²) in [6, 6.07) is 8.09. The fourth-order valence-electron chi connectivity index (χ4n) is 1.70. The zero-order valence-corrected chi connectivity index (χ0v) is 14.6. The molecule has 118 valence electrons. The molecule has 0 aliphatic rings. The van der Waals surface area contributed by atoms with Crippen LogP contribution < -0.4 is 9.46 Å². The Kier molecular flexibility index (Phi) is 5.31. The van der Waals surface area contributed by atoms with Gasteiger partial charge in [0.1, 0.15) is 11.6 Å². The van der Waals surface area contributed by atoms with E-state index in [0.29, 0.717) is 16.8 Å². The largest absolute Gasteiger partial charge is 0.492 e. The minimum atomic E-state index is -3.95. The van der Waals surface area contributed by atoms with Crippen molar-refractivity contribution in [1.82, 2.24) is 0 Å². The van der Waals surface area contributed by atoms with E-state index in [2.05, 4.69) is 20.7 Å². The van der Waals surface area contributed by atoms with E-state index in [4.69, 9.17) is 16.3 Å². The molecule has 0 saturated heterocycles. The Morgan fingerprint density at radius 1 is 1.27 bits per heavy atom. The summed E-state index contributed by atoms with van der Waals surface area (Å²) in [6.45, 7) is 2.20. The Labute approximate surface area is 141 Å². The van der Waals surface area contributed by atoms with E-state index in [9.17, 15) is 12.8 Å². The molecule has 1 N–H and O–H groups in total. The molecule has 2 aromatic rings. The molecule has 0 unspecified atom stereocenters. The number of benzene rings is 2. The van der Waals surface area contributed by atoms with Crippen molar-refractivity contribution in [3.05, 3.63) is 51.7 Å². The number of anilines is 1. The van der Waals surface area contributed by atoms with Crippen LogP contribution in [0, 0.1) is 5.82 Å². The Balaban J connectivity index is 2.32. The number of halogens is 3. The van der Waals surface area contributed by atoms with Crippen molar-refractivity contribution >= 4 is 43.2 Å². The molecule has 0 fully saturated rings. The first-order valence-electron chi connectivity index (χ1n) is 6.23. The molecule has 2 aromatic carbocycles. The molecule has 0 aliphatic heterocycles. The normalized spacial score (nSPS) is 11.3. The van der Waals surface area contributed by atoms with E-state index in [0.717, 1.165) is 0 Å². The summed E-state index contributed by atoms with van der Waals surface area (Å²) in [4.78, 5) is -0.0803. The van der Waals surface area contributed by atoms with E-state index < -0.39 is 15.8 Å². The molecule has 0 bridgehead atoms. The maximum atomic E-state index is 13.7. The molecule has 0 atom stereocenters. The van der Waals surface area contributed by atoms with Gasteiger partial charge in [0.05, 0.1) is 22.2 Å². The second kappa shape index (κ2) is 6.85. The van der Waals surface area contributed by atoms with E-state index >= 15 is 0 Å². The van der Waals surface area contributed by atoms with Gasteiger partial charge >= 0.3 is 0 Å².